The van der Waals surface area contributed by atoms with Crippen molar-refractivity contribution in [3.63, 3.8) is 0 Å². The molecule has 0 aliphatic carbocycles. The van der Waals surface area contributed by atoms with E-state index in [0.717, 1.165) is 11.1 Å². The molecule has 0 bridgehead atoms. The predicted molar refractivity (Wildman–Crippen MR) is 135 cm³/mol. The van der Waals surface area contributed by atoms with E-state index in [4.69, 9.17) is 37.4 Å². The number of nitrogens with zero attached hydrogens (tertiary/aromatic N) is 2. The molecule has 1 unspecified atom stereocenters. The number of carbonyl (C=O) groups is 1. The van der Waals surface area contributed by atoms with Gasteiger partial charge in [0.25, 0.3) is 5.91 Å². The number of allylic oxidation sites excluding steroid dienone is 1. The Hall–Kier alpha value is -3.66. The van der Waals surface area contributed by atoms with Crippen LogP contribution in [0.2, 0.25) is 10.0 Å². The molecule has 0 aromatic heterocycles. The van der Waals surface area contributed by atoms with Crippen LogP contribution < -0.4 is 14.2 Å². The second kappa shape index (κ2) is 10.3. The lowest BCUT2D eigenvalue weighted by molar-refractivity contribution is 0.0771. The van der Waals surface area contributed by atoms with Crippen LogP contribution in [0.1, 0.15) is 33.1 Å². The summed E-state index contributed by atoms with van der Waals surface area (Å²) in [4.78, 5) is 15.2. The van der Waals surface area contributed by atoms with Gasteiger partial charge in [0, 0.05) is 17.7 Å². The fraction of sp³-hybridized carbons (Fsp3) is 0.185. The smallest absolute Gasteiger partial charge is 0.259 e. The molecule has 0 radical (unpaired) electrons. The number of rotatable bonds is 6. The van der Waals surface area contributed by atoms with Crippen LogP contribution in [0, 0.1) is 11.3 Å². The van der Waals surface area contributed by atoms with E-state index in [9.17, 15) is 10.1 Å². The van der Waals surface area contributed by atoms with Crippen molar-refractivity contribution in [2.75, 3.05) is 21.3 Å². The number of benzene rings is 3. The number of ether oxygens (including phenoxy) is 3. The van der Waals surface area contributed by atoms with Crippen molar-refractivity contribution < 1.29 is 19.0 Å². The highest BCUT2D eigenvalue weighted by Crippen LogP contribution is 2.42. The van der Waals surface area contributed by atoms with E-state index in [1.807, 2.05) is 24.3 Å². The zero-order valence-electron chi connectivity index (χ0n) is 19.3. The van der Waals surface area contributed by atoms with Crippen LogP contribution >= 0.6 is 23.2 Å². The zero-order valence-corrected chi connectivity index (χ0v) is 20.9. The van der Waals surface area contributed by atoms with Crippen LogP contribution in [-0.4, -0.2) is 32.1 Å². The Morgan fingerprint density at radius 2 is 1.60 bits per heavy atom. The van der Waals surface area contributed by atoms with Crippen LogP contribution in [0.15, 0.2) is 60.3 Å². The van der Waals surface area contributed by atoms with Crippen molar-refractivity contribution in [3.8, 4) is 23.3 Å². The summed E-state index contributed by atoms with van der Waals surface area (Å²) in [5, 5.41) is 10.9. The van der Waals surface area contributed by atoms with Gasteiger partial charge in [-0.25, -0.2) is 0 Å². The number of nitriles is 1. The maximum absolute atomic E-state index is 13.7. The van der Waals surface area contributed by atoms with Gasteiger partial charge < -0.3 is 14.2 Å². The van der Waals surface area contributed by atoms with Gasteiger partial charge in [-0.15, -0.1) is 0 Å². The van der Waals surface area contributed by atoms with E-state index >= 15 is 0 Å². The lowest BCUT2D eigenvalue weighted by atomic mass is 9.91. The van der Waals surface area contributed by atoms with Gasteiger partial charge in [0.1, 0.15) is 6.04 Å². The largest absolute Gasteiger partial charge is 0.493 e. The summed E-state index contributed by atoms with van der Waals surface area (Å²) in [6.45, 7) is 0. The molecule has 0 saturated carbocycles. The van der Waals surface area contributed by atoms with Gasteiger partial charge in [-0.1, -0.05) is 41.4 Å². The van der Waals surface area contributed by atoms with Crippen LogP contribution in [0.25, 0.3) is 6.08 Å². The SMILES string of the molecule is COc1cc(CC2=Cc3cc(Cl)c(Cl)cc3C(C#N)N2C(=O)c2ccccc2)cc(OC)c1OC. The Kier molecular flexibility index (Phi) is 7.20. The zero-order chi connectivity index (χ0) is 25.1. The highest BCUT2D eigenvalue weighted by atomic mass is 35.5. The summed E-state index contributed by atoms with van der Waals surface area (Å²) in [5.74, 6) is 1.15. The molecule has 178 valence electrons. The van der Waals surface area contributed by atoms with Crippen LogP contribution in [0.3, 0.4) is 0 Å². The van der Waals surface area contributed by atoms with Crippen LogP contribution in [-0.2, 0) is 6.42 Å². The summed E-state index contributed by atoms with van der Waals surface area (Å²) in [6.07, 6.45) is 2.17. The lowest BCUT2D eigenvalue weighted by Crippen LogP contribution is -2.36. The van der Waals surface area contributed by atoms with E-state index in [1.54, 1.807) is 50.6 Å². The van der Waals surface area contributed by atoms with E-state index in [-0.39, 0.29) is 5.91 Å². The Morgan fingerprint density at radius 1 is 0.971 bits per heavy atom. The summed E-state index contributed by atoms with van der Waals surface area (Å²) < 4.78 is 16.4. The molecule has 35 heavy (non-hydrogen) atoms. The highest BCUT2D eigenvalue weighted by molar-refractivity contribution is 6.42. The third-order valence-electron chi connectivity index (χ3n) is 5.78. The number of halogens is 2. The normalized spacial score (nSPS) is 14.5. The molecule has 0 fully saturated rings. The van der Waals surface area contributed by atoms with Gasteiger partial charge in [0.2, 0.25) is 5.75 Å². The van der Waals surface area contributed by atoms with Gasteiger partial charge in [0.15, 0.2) is 11.5 Å². The summed E-state index contributed by atoms with van der Waals surface area (Å²) in [6, 6.07) is 17.2. The average molecular weight is 509 g/mol. The molecule has 1 amide bonds. The maximum atomic E-state index is 13.7. The van der Waals surface area contributed by atoms with Crippen molar-refractivity contribution in [1.29, 1.82) is 5.26 Å². The van der Waals surface area contributed by atoms with Gasteiger partial charge in [-0.2, -0.15) is 5.26 Å². The maximum Gasteiger partial charge on any atom is 0.259 e. The number of carbonyl (C=O) groups excluding carboxylic acids is 1. The number of fused-ring (bicyclic) bond motifs is 1. The highest BCUT2D eigenvalue weighted by Gasteiger charge is 2.34. The van der Waals surface area contributed by atoms with Crippen LogP contribution in [0.4, 0.5) is 0 Å². The van der Waals surface area contributed by atoms with Crippen molar-refractivity contribution in [2.45, 2.75) is 12.5 Å². The van der Waals surface area contributed by atoms with Gasteiger partial charge >= 0.3 is 0 Å². The molecule has 0 N–H and O–H groups in total. The Morgan fingerprint density at radius 3 is 2.17 bits per heavy atom. The van der Waals surface area contributed by atoms with E-state index in [1.165, 1.54) is 12.0 Å². The molecule has 6 nitrogen and oxygen atoms in total. The molecule has 4 rings (SSSR count). The second-order valence-corrected chi connectivity index (χ2v) is 8.63. The fourth-order valence-electron chi connectivity index (χ4n) is 4.17. The third kappa shape index (κ3) is 4.66. The van der Waals surface area contributed by atoms with Crippen molar-refractivity contribution in [2.24, 2.45) is 0 Å². The topological polar surface area (TPSA) is 71.8 Å². The first-order chi connectivity index (χ1) is 16.9. The van der Waals surface area contributed by atoms with Gasteiger partial charge in [-0.05, 0) is 59.2 Å². The quantitative estimate of drug-likeness (QED) is 0.389. The van der Waals surface area contributed by atoms with Crippen molar-refractivity contribution in [3.05, 3.63) is 92.6 Å². The summed E-state index contributed by atoms with van der Waals surface area (Å²) >= 11 is 12.5. The first-order valence-corrected chi connectivity index (χ1v) is 11.4. The minimum absolute atomic E-state index is 0.299. The van der Waals surface area contributed by atoms with Crippen molar-refractivity contribution in [1.82, 2.24) is 4.90 Å². The van der Waals surface area contributed by atoms with Crippen LogP contribution in [0.5, 0.6) is 17.2 Å². The molecule has 3 aromatic rings. The molecule has 0 spiro atoms. The number of hydrogen-bond acceptors (Lipinski definition) is 5. The first kappa shape index (κ1) is 24.5. The lowest BCUT2D eigenvalue weighted by Gasteiger charge is -2.35. The summed E-state index contributed by atoms with van der Waals surface area (Å²) in [5.41, 5.74) is 3.22. The standard InChI is InChI=1S/C27H22Cl2N2O4/c1-33-24-10-16(11-25(34-2)26(24)35-3)9-19-12-18-13-21(28)22(29)14-20(18)23(15-30)31(19)27(32)17-7-5-4-6-8-17/h4-8,10-14,23H,9H2,1-3H3. The Balaban J connectivity index is 1.87. The summed E-state index contributed by atoms with van der Waals surface area (Å²) in [7, 11) is 4.62. The molecular weight excluding hydrogens is 487 g/mol. The van der Waals surface area contributed by atoms with E-state index in [2.05, 4.69) is 6.07 Å². The average Bonchev–Trinajstić information content (AvgIpc) is 2.88. The second-order valence-electron chi connectivity index (χ2n) is 7.81. The van der Waals surface area contributed by atoms with Gasteiger partial charge in [0.05, 0.1) is 37.4 Å². The predicted octanol–water partition coefficient (Wildman–Crippen LogP) is 6.32. The fourth-order valence-corrected chi connectivity index (χ4v) is 4.52. The number of amides is 1. The Labute approximate surface area is 213 Å². The minimum Gasteiger partial charge on any atom is -0.493 e. The number of methoxy groups -OCH3 is 3. The Bertz CT molecular complexity index is 1320. The molecule has 1 aliphatic heterocycles. The molecule has 0 saturated heterocycles. The van der Waals surface area contributed by atoms with Crippen molar-refractivity contribution >= 4 is 35.2 Å². The molecule has 3 aromatic carbocycles. The molecular formula is C27H22Cl2N2O4. The molecule has 1 heterocycles. The molecule has 1 aliphatic rings. The minimum atomic E-state index is -0.894. The monoisotopic (exact) mass is 508 g/mol. The molecule has 1 atom stereocenters. The van der Waals surface area contributed by atoms with E-state index in [0.29, 0.717) is 50.5 Å². The number of hydrogen-bond donors (Lipinski definition) is 0. The van der Waals surface area contributed by atoms with Gasteiger partial charge in [-0.3, -0.25) is 9.69 Å². The molecule has 8 heteroatoms. The first-order valence-electron chi connectivity index (χ1n) is 10.7. The third-order valence-corrected chi connectivity index (χ3v) is 6.50. The van der Waals surface area contributed by atoms with E-state index < -0.39 is 6.04 Å².